The molecule has 4 N–H and O–H groups in total. The highest BCUT2D eigenvalue weighted by atomic mass is 16.3. The molecule has 0 aromatic carbocycles. The summed E-state index contributed by atoms with van der Waals surface area (Å²) in [7, 11) is 0. The molecule has 1 atom stereocenters. The summed E-state index contributed by atoms with van der Waals surface area (Å²) in [5.41, 5.74) is 7.28. The molecule has 1 aliphatic rings. The van der Waals surface area contributed by atoms with Crippen LogP contribution in [-0.4, -0.2) is 45.3 Å². The molecule has 100 valence electrons. The van der Waals surface area contributed by atoms with Crippen molar-refractivity contribution in [2.75, 3.05) is 18.9 Å². The first-order valence-electron chi connectivity index (χ1n) is 6.37. The lowest BCUT2D eigenvalue weighted by molar-refractivity contribution is 0.0569. The summed E-state index contributed by atoms with van der Waals surface area (Å²) in [6.45, 7) is 2.61. The highest BCUT2D eigenvalue weighted by Gasteiger charge is 2.29. The molecule has 2 rings (SSSR count). The molecule has 0 spiro atoms. The fourth-order valence-electron chi connectivity index (χ4n) is 2.45. The van der Waals surface area contributed by atoms with Crippen LogP contribution in [0.2, 0.25) is 0 Å². The third-order valence-corrected chi connectivity index (χ3v) is 3.55. The Morgan fingerprint density at radius 3 is 3.00 bits per heavy atom. The van der Waals surface area contributed by atoms with E-state index in [-0.39, 0.29) is 18.6 Å². The van der Waals surface area contributed by atoms with E-state index in [1.165, 1.54) is 0 Å². The first kappa shape index (κ1) is 12.9. The van der Waals surface area contributed by atoms with Gasteiger partial charge in [-0.3, -0.25) is 9.89 Å². The van der Waals surface area contributed by atoms with Crippen molar-refractivity contribution in [1.29, 1.82) is 0 Å². The summed E-state index contributed by atoms with van der Waals surface area (Å²) in [6.07, 6.45) is 3.66. The smallest absolute Gasteiger partial charge is 0.276 e. The van der Waals surface area contributed by atoms with Crippen LogP contribution < -0.4 is 5.73 Å². The molecular weight excluding hydrogens is 232 g/mol. The molecule has 1 unspecified atom stereocenters. The van der Waals surface area contributed by atoms with Crippen molar-refractivity contribution in [3.05, 3.63) is 11.4 Å². The van der Waals surface area contributed by atoms with Gasteiger partial charge in [0.2, 0.25) is 0 Å². The van der Waals surface area contributed by atoms with Crippen molar-refractivity contribution in [1.82, 2.24) is 15.1 Å². The number of nitrogens with one attached hydrogen (secondary N) is 1. The molecule has 6 heteroatoms. The van der Waals surface area contributed by atoms with Gasteiger partial charge in [0.1, 0.15) is 0 Å². The first-order chi connectivity index (χ1) is 8.65. The second-order valence-electron chi connectivity index (χ2n) is 4.77. The van der Waals surface area contributed by atoms with E-state index < -0.39 is 0 Å². The van der Waals surface area contributed by atoms with Gasteiger partial charge in [-0.15, -0.1) is 0 Å². The van der Waals surface area contributed by atoms with Crippen LogP contribution in [0.1, 0.15) is 41.9 Å². The van der Waals surface area contributed by atoms with Crippen LogP contribution >= 0.6 is 0 Å². The standard InChI is InChI=1S/C12H20N4O2/c1-8-10(13)11(15-14-8)12(18)16-6-3-2-4-9(16)5-7-17/h9,17H,2-7,13H2,1H3,(H,14,15). The summed E-state index contributed by atoms with van der Waals surface area (Å²) in [5.74, 6) is -0.130. The molecule has 0 saturated carbocycles. The molecule has 1 aromatic rings. The number of nitrogens with two attached hydrogens (primary N) is 1. The maximum Gasteiger partial charge on any atom is 0.276 e. The number of rotatable bonds is 3. The Kier molecular flexibility index (Phi) is 3.86. The lowest BCUT2D eigenvalue weighted by Gasteiger charge is -2.35. The Bertz CT molecular complexity index is 428. The number of aryl methyl sites for hydroxylation is 1. The van der Waals surface area contributed by atoms with E-state index in [0.29, 0.717) is 23.5 Å². The van der Waals surface area contributed by atoms with E-state index in [1.54, 1.807) is 11.8 Å². The molecule has 1 aromatic heterocycles. The SMILES string of the molecule is Cc1[nH]nc(C(=O)N2CCCCC2CCO)c1N. The summed E-state index contributed by atoms with van der Waals surface area (Å²) in [5, 5.41) is 15.8. The molecule has 6 nitrogen and oxygen atoms in total. The molecule has 0 radical (unpaired) electrons. The number of aliphatic hydroxyl groups is 1. The number of carbonyl (C=O) groups is 1. The number of nitrogen functional groups attached to an aromatic ring is 1. The maximum absolute atomic E-state index is 12.4. The van der Waals surface area contributed by atoms with E-state index in [4.69, 9.17) is 10.8 Å². The second kappa shape index (κ2) is 5.39. The molecule has 2 heterocycles. The third kappa shape index (κ3) is 2.33. The Morgan fingerprint density at radius 2 is 2.39 bits per heavy atom. The number of hydrogen-bond donors (Lipinski definition) is 3. The number of H-pyrrole nitrogens is 1. The Balaban J connectivity index is 2.18. The van der Waals surface area contributed by atoms with Gasteiger partial charge in [-0.25, -0.2) is 0 Å². The van der Waals surface area contributed by atoms with E-state index >= 15 is 0 Å². The molecule has 1 fully saturated rings. The predicted molar refractivity (Wildman–Crippen MR) is 68.1 cm³/mol. The number of carbonyl (C=O) groups excluding carboxylic acids is 1. The van der Waals surface area contributed by atoms with E-state index in [9.17, 15) is 4.79 Å². The lowest BCUT2D eigenvalue weighted by atomic mass is 9.99. The van der Waals surface area contributed by atoms with Crippen molar-refractivity contribution in [3.63, 3.8) is 0 Å². The zero-order chi connectivity index (χ0) is 13.1. The molecule has 0 aliphatic carbocycles. The lowest BCUT2D eigenvalue weighted by Crippen LogP contribution is -2.44. The minimum Gasteiger partial charge on any atom is -0.396 e. The van der Waals surface area contributed by atoms with Crippen LogP contribution in [0.3, 0.4) is 0 Å². The fraction of sp³-hybridized carbons (Fsp3) is 0.667. The third-order valence-electron chi connectivity index (χ3n) is 3.55. The van der Waals surface area contributed by atoms with Crippen LogP contribution in [-0.2, 0) is 0 Å². The summed E-state index contributed by atoms with van der Waals surface area (Å²) >= 11 is 0. The number of piperidine rings is 1. The van der Waals surface area contributed by atoms with Gasteiger partial charge >= 0.3 is 0 Å². The van der Waals surface area contributed by atoms with Crippen molar-refractivity contribution in [2.45, 2.75) is 38.6 Å². The minimum absolute atomic E-state index is 0.101. The molecule has 1 saturated heterocycles. The highest BCUT2D eigenvalue weighted by Crippen LogP contribution is 2.23. The number of anilines is 1. The topological polar surface area (TPSA) is 95.2 Å². The second-order valence-corrected chi connectivity index (χ2v) is 4.77. The van der Waals surface area contributed by atoms with Gasteiger partial charge in [0.25, 0.3) is 5.91 Å². The van der Waals surface area contributed by atoms with Gasteiger partial charge < -0.3 is 15.7 Å². The number of hydrogen-bond acceptors (Lipinski definition) is 4. The average Bonchev–Trinajstić information content (AvgIpc) is 2.70. The van der Waals surface area contributed by atoms with Crippen LogP contribution in [0.15, 0.2) is 0 Å². The number of amides is 1. The first-order valence-corrected chi connectivity index (χ1v) is 6.37. The number of aromatic amines is 1. The van der Waals surface area contributed by atoms with Crippen LogP contribution in [0.4, 0.5) is 5.69 Å². The van der Waals surface area contributed by atoms with Crippen molar-refractivity contribution in [2.24, 2.45) is 0 Å². The number of aromatic nitrogens is 2. The van der Waals surface area contributed by atoms with Gasteiger partial charge in [0.05, 0.1) is 11.4 Å². The monoisotopic (exact) mass is 252 g/mol. The van der Waals surface area contributed by atoms with Gasteiger partial charge in [0, 0.05) is 19.2 Å². The van der Waals surface area contributed by atoms with Gasteiger partial charge in [-0.05, 0) is 32.6 Å². The predicted octanol–water partition coefficient (Wildman–Crippen LogP) is 0.677. The minimum atomic E-state index is -0.130. The molecule has 1 aliphatic heterocycles. The number of likely N-dealkylation sites (tertiary alicyclic amines) is 1. The zero-order valence-electron chi connectivity index (χ0n) is 10.6. The molecule has 0 bridgehead atoms. The van der Waals surface area contributed by atoms with Crippen molar-refractivity contribution < 1.29 is 9.90 Å². The van der Waals surface area contributed by atoms with E-state index in [2.05, 4.69) is 10.2 Å². The summed E-state index contributed by atoms with van der Waals surface area (Å²) in [4.78, 5) is 14.2. The normalized spacial score (nSPS) is 20.1. The zero-order valence-corrected chi connectivity index (χ0v) is 10.6. The van der Waals surface area contributed by atoms with Gasteiger partial charge in [-0.1, -0.05) is 0 Å². The maximum atomic E-state index is 12.4. The van der Waals surface area contributed by atoms with Crippen LogP contribution in [0.25, 0.3) is 0 Å². The van der Waals surface area contributed by atoms with Crippen LogP contribution in [0, 0.1) is 6.92 Å². The van der Waals surface area contributed by atoms with Crippen LogP contribution in [0.5, 0.6) is 0 Å². The largest absolute Gasteiger partial charge is 0.396 e. The number of aliphatic hydroxyl groups excluding tert-OH is 1. The summed E-state index contributed by atoms with van der Waals surface area (Å²) < 4.78 is 0. The average molecular weight is 252 g/mol. The molecule has 18 heavy (non-hydrogen) atoms. The van der Waals surface area contributed by atoms with E-state index in [0.717, 1.165) is 25.8 Å². The summed E-state index contributed by atoms with van der Waals surface area (Å²) in [6, 6.07) is 0.104. The van der Waals surface area contributed by atoms with Crippen molar-refractivity contribution >= 4 is 11.6 Å². The molecule has 1 amide bonds. The highest BCUT2D eigenvalue weighted by molar-refractivity contribution is 5.97. The fourth-order valence-corrected chi connectivity index (χ4v) is 2.45. The van der Waals surface area contributed by atoms with Gasteiger partial charge in [0.15, 0.2) is 5.69 Å². The Labute approximate surface area is 106 Å². The van der Waals surface area contributed by atoms with Crippen molar-refractivity contribution in [3.8, 4) is 0 Å². The van der Waals surface area contributed by atoms with Gasteiger partial charge in [-0.2, -0.15) is 5.10 Å². The Morgan fingerprint density at radius 1 is 1.61 bits per heavy atom. The Hall–Kier alpha value is -1.56. The van der Waals surface area contributed by atoms with E-state index in [1.807, 2.05) is 0 Å². The number of nitrogens with zero attached hydrogens (tertiary/aromatic N) is 2. The molecular formula is C12H20N4O2. The quantitative estimate of drug-likeness (QED) is 0.737.